The fraction of sp³-hybridized carbons (Fsp3) is 0.0833. The Hall–Kier alpha value is -2.50. The van der Waals surface area contributed by atoms with Crippen LogP contribution in [0.25, 0.3) is 10.8 Å². The van der Waals surface area contributed by atoms with Gasteiger partial charge in [-0.15, -0.1) is 0 Å². The highest BCUT2D eigenvalue weighted by atomic mass is 19.1. The number of hydrogen-bond acceptors (Lipinski definition) is 3. The van der Waals surface area contributed by atoms with Crippen molar-refractivity contribution in [2.45, 2.75) is 6.92 Å². The zero-order valence-electron chi connectivity index (χ0n) is 9.44. The number of halogens is 1. The van der Waals surface area contributed by atoms with Crippen molar-refractivity contribution < 1.29 is 14.1 Å². The summed E-state index contributed by atoms with van der Waals surface area (Å²) in [5.41, 5.74) is -0.439. The molecule has 2 rings (SSSR count). The van der Waals surface area contributed by atoms with Crippen LogP contribution in [0.3, 0.4) is 0 Å². The van der Waals surface area contributed by atoms with Gasteiger partial charge in [0.15, 0.2) is 0 Å². The van der Waals surface area contributed by atoms with Gasteiger partial charge in [-0.3, -0.25) is 14.9 Å². The quantitative estimate of drug-likeness (QED) is 0.656. The standard InChI is InChI=1S/C12H9FN2O3/c1-7(16)14-12-9-5-3-2-4-8(9)10(13)6-11(12)15(17)18/h2-6H,1H3,(H,14,16). The average molecular weight is 248 g/mol. The minimum Gasteiger partial charge on any atom is -0.320 e. The molecular formula is C12H9FN2O3. The van der Waals surface area contributed by atoms with E-state index in [9.17, 15) is 19.3 Å². The first-order valence-electron chi connectivity index (χ1n) is 5.14. The maximum atomic E-state index is 13.7. The maximum Gasteiger partial charge on any atom is 0.296 e. The largest absolute Gasteiger partial charge is 0.320 e. The number of anilines is 1. The third-order valence-corrected chi connectivity index (χ3v) is 2.47. The van der Waals surface area contributed by atoms with Gasteiger partial charge in [0.2, 0.25) is 5.91 Å². The molecule has 2 aromatic rings. The van der Waals surface area contributed by atoms with E-state index in [1.165, 1.54) is 19.1 Å². The van der Waals surface area contributed by atoms with Crippen LogP contribution in [0.4, 0.5) is 15.8 Å². The van der Waals surface area contributed by atoms with Crippen LogP contribution >= 0.6 is 0 Å². The van der Waals surface area contributed by atoms with Crippen molar-refractivity contribution in [3.05, 3.63) is 46.3 Å². The van der Waals surface area contributed by atoms with E-state index in [2.05, 4.69) is 5.32 Å². The number of rotatable bonds is 2. The molecule has 0 saturated carbocycles. The Morgan fingerprint density at radius 1 is 1.33 bits per heavy atom. The van der Waals surface area contributed by atoms with Gasteiger partial charge in [0.25, 0.3) is 5.69 Å². The molecule has 1 amide bonds. The van der Waals surface area contributed by atoms with E-state index in [0.29, 0.717) is 5.39 Å². The van der Waals surface area contributed by atoms with Crippen molar-refractivity contribution in [2.75, 3.05) is 5.32 Å². The van der Waals surface area contributed by atoms with Crippen molar-refractivity contribution in [2.24, 2.45) is 0 Å². The third kappa shape index (κ3) is 2.00. The lowest BCUT2D eigenvalue weighted by atomic mass is 10.1. The molecule has 0 aromatic heterocycles. The third-order valence-electron chi connectivity index (χ3n) is 2.47. The number of carbonyl (C=O) groups excluding carboxylic acids is 1. The van der Waals surface area contributed by atoms with E-state index in [4.69, 9.17) is 0 Å². The molecule has 0 aliphatic heterocycles. The smallest absolute Gasteiger partial charge is 0.296 e. The first-order valence-corrected chi connectivity index (χ1v) is 5.14. The lowest BCUT2D eigenvalue weighted by molar-refractivity contribution is -0.384. The number of amides is 1. The first kappa shape index (κ1) is 12.0. The Kier molecular flexibility index (Phi) is 2.93. The summed E-state index contributed by atoms with van der Waals surface area (Å²) in [7, 11) is 0. The van der Waals surface area contributed by atoms with Gasteiger partial charge < -0.3 is 5.32 Å². The molecule has 0 fully saturated rings. The van der Waals surface area contributed by atoms with Crippen molar-refractivity contribution >= 4 is 28.1 Å². The van der Waals surface area contributed by atoms with Gasteiger partial charge in [0.05, 0.1) is 11.0 Å². The van der Waals surface area contributed by atoms with E-state index in [1.54, 1.807) is 12.1 Å². The number of carbonyl (C=O) groups is 1. The summed E-state index contributed by atoms with van der Waals surface area (Å²) in [6.45, 7) is 1.24. The van der Waals surface area contributed by atoms with E-state index >= 15 is 0 Å². The van der Waals surface area contributed by atoms with Gasteiger partial charge in [0.1, 0.15) is 11.5 Å². The number of benzene rings is 2. The van der Waals surface area contributed by atoms with Crippen LogP contribution in [0.15, 0.2) is 30.3 Å². The minimum atomic E-state index is -0.721. The van der Waals surface area contributed by atoms with Crippen LogP contribution < -0.4 is 5.32 Å². The molecule has 2 aromatic carbocycles. The second-order valence-electron chi connectivity index (χ2n) is 3.74. The Bertz CT molecular complexity index is 655. The summed E-state index contributed by atoms with van der Waals surface area (Å²) in [4.78, 5) is 21.3. The van der Waals surface area contributed by atoms with Crippen molar-refractivity contribution in [3.8, 4) is 0 Å². The maximum absolute atomic E-state index is 13.7. The molecule has 1 N–H and O–H groups in total. The summed E-state index contributed by atoms with van der Waals surface area (Å²) < 4.78 is 13.7. The second-order valence-corrected chi connectivity index (χ2v) is 3.74. The molecule has 5 nitrogen and oxygen atoms in total. The van der Waals surface area contributed by atoms with Gasteiger partial charge in [-0.1, -0.05) is 24.3 Å². The highest BCUT2D eigenvalue weighted by Crippen LogP contribution is 2.34. The van der Waals surface area contributed by atoms with Gasteiger partial charge in [-0.25, -0.2) is 4.39 Å². The molecule has 18 heavy (non-hydrogen) atoms. The second kappa shape index (κ2) is 4.40. The predicted octanol–water partition coefficient (Wildman–Crippen LogP) is 2.85. The number of nitrogens with one attached hydrogen (secondary N) is 1. The highest BCUT2D eigenvalue weighted by Gasteiger charge is 2.20. The van der Waals surface area contributed by atoms with E-state index in [-0.39, 0.29) is 11.1 Å². The molecule has 0 unspecified atom stereocenters. The Labute approximate surface area is 101 Å². The topological polar surface area (TPSA) is 72.2 Å². The van der Waals surface area contributed by atoms with Crippen LogP contribution in [0.2, 0.25) is 0 Å². The van der Waals surface area contributed by atoms with E-state index < -0.39 is 22.3 Å². The van der Waals surface area contributed by atoms with Gasteiger partial charge in [0, 0.05) is 17.7 Å². The molecule has 0 aliphatic carbocycles. The fourth-order valence-electron chi connectivity index (χ4n) is 1.77. The SMILES string of the molecule is CC(=O)Nc1c([N+](=O)[O-])cc(F)c2ccccc12. The fourth-order valence-corrected chi connectivity index (χ4v) is 1.77. The van der Waals surface area contributed by atoms with Gasteiger partial charge in [-0.05, 0) is 0 Å². The molecule has 0 aliphatic rings. The lowest BCUT2D eigenvalue weighted by Gasteiger charge is -2.08. The summed E-state index contributed by atoms with van der Waals surface area (Å²) in [5, 5.41) is 13.8. The number of hydrogen-bond donors (Lipinski definition) is 1. The van der Waals surface area contributed by atoms with Gasteiger partial charge in [-0.2, -0.15) is 0 Å². The number of fused-ring (bicyclic) bond motifs is 1. The molecule has 0 bridgehead atoms. The minimum absolute atomic E-state index is 0.0181. The number of nitro groups is 1. The summed E-state index contributed by atoms with van der Waals surface area (Å²) >= 11 is 0. The molecule has 0 heterocycles. The summed E-state index contributed by atoms with van der Waals surface area (Å²) in [6, 6.07) is 7.08. The van der Waals surface area contributed by atoms with Crippen LogP contribution in [0.1, 0.15) is 6.92 Å². The summed E-state index contributed by atoms with van der Waals surface area (Å²) in [6.07, 6.45) is 0. The molecular weight excluding hydrogens is 239 g/mol. The van der Waals surface area contributed by atoms with Gasteiger partial charge >= 0.3 is 0 Å². The van der Waals surface area contributed by atoms with E-state index in [1.807, 2.05) is 0 Å². The van der Waals surface area contributed by atoms with Crippen molar-refractivity contribution in [1.29, 1.82) is 0 Å². The van der Waals surface area contributed by atoms with Crippen LogP contribution in [-0.2, 0) is 4.79 Å². The average Bonchev–Trinajstić information content (AvgIpc) is 2.32. The highest BCUT2D eigenvalue weighted by molar-refractivity contribution is 6.05. The van der Waals surface area contributed by atoms with Crippen LogP contribution in [0.5, 0.6) is 0 Å². The lowest BCUT2D eigenvalue weighted by Crippen LogP contribution is -2.09. The summed E-state index contributed by atoms with van der Waals surface area (Å²) in [5.74, 6) is -1.14. The molecule has 0 radical (unpaired) electrons. The normalized spacial score (nSPS) is 10.3. The Balaban J connectivity index is 2.83. The number of nitro benzene ring substituents is 1. The molecule has 92 valence electrons. The van der Waals surface area contributed by atoms with E-state index in [0.717, 1.165) is 6.07 Å². The zero-order chi connectivity index (χ0) is 13.3. The predicted molar refractivity (Wildman–Crippen MR) is 64.9 cm³/mol. The van der Waals surface area contributed by atoms with Crippen molar-refractivity contribution in [1.82, 2.24) is 0 Å². The molecule has 6 heteroatoms. The first-order chi connectivity index (χ1) is 8.50. The van der Waals surface area contributed by atoms with Crippen molar-refractivity contribution in [3.63, 3.8) is 0 Å². The molecule has 0 spiro atoms. The Morgan fingerprint density at radius 3 is 2.50 bits per heavy atom. The van der Waals surface area contributed by atoms with Crippen LogP contribution in [-0.4, -0.2) is 10.8 Å². The zero-order valence-corrected chi connectivity index (χ0v) is 9.44. The van der Waals surface area contributed by atoms with Crippen LogP contribution in [0, 0.1) is 15.9 Å². The Morgan fingerprint density at radius 2 is 1.94 bits per heavy atom. The molecule has 0 atom stereocenters. The monoisotopic (exact) mass is 248 g/mol. The molecule has 0 saturated heterocycles. The number of nitrogens with zero attached hydrogens (tertiary/aromatic N) is 1.